The van der Waals surface area contributed by atoms with Crippen LogP contribution in [0.3, 0.4) is 0 Å². The first-order valence-electron chi connectivity index (χ1n) is 6.93. The molecule has 1 heterocycles. The van der Waals surface area contributed by atoms with Gasteiger partial charge < -0.3 is 15.2 Å². The first-order chi connectivity index (χ1) is 10.5. The zero-order chi connectivity index (χ0) is 16.3. The van der Waals surface area contributed by atoms with Gasteiger partial charge in [-0.15, -0.1) is 12.4 Å². The van der Waals surface area contributed by atoms with Gasteiger partial charge in [-0.2, -0.15) is 0 Å². The first kappa shape index (κ1) is 20.9. The third-order valence-electron chi connectivity index (χ3n) is 3.75. The molecule has 0 aromatic heterocycles. The average Bonchev–Trinajstić information content (AvgIpc) is 2.52. The first-order valence-corrected chi connectivity index (χ1v) is 8.52. The Morgan fingerprint density at radius 2 is 1.91 bits per heavy atom. The standard InChI is InChI=1S/C14H18Br2F2N2O2.ClH/c1-22-10-6-8(12(15)13(16)14(10)21)9(7-11(17)18)20-4-2-19-3-5-20;/h6,9,11,19,21H,2-5,7H2,1H3;1H/t9-;/m0./s1. The molecule has 1 fully saturated rings. The summed E-state index contributed by atoms with van der Waals surface area (Å²) >= 11 is 6.69. The minimum Gasteiger partial charge on any atom is -0.503 e. The lowest BCUT2D eigenvalue weighted by Gasteiger charge is -2.36. The Balaban J connectivity index is 0.00000264. The summed E-state index contributed by atoms with van der Waals surface area (Å²) in [5, 5.41) is 13.2. The van der Waals surface area contributed by atoms with E-state index in [1.165, 1.54) is 7.11 Å². The predicted octanol–water partition coefficient (Wildman–Crippen LogP) is 3.95. The molecule has 4 nitrogen and oxygen atoms in total. The third-order valence-corrected chi connectivity index (χ3v) is 5.91. The maximum Gasteiger partial charge on any atom is 0.240 e. The molecule has 1 aromatic rings. The SMILES string of the molecule is COc1cc([C@H](CC(F)F)N2CCNCC2)c(Br)c(Br)c1O.Cl. The van der Waals surface area contributed by atoms with Crippen molar-refractivity contribution < 1.29 is 18.6 Å². The highest BCUT2D eigenvalue weighted by Crippen LogP contribution is 2.45. The van der Waals surface area contributed by atoms with Gasteiger partial charge >= 0.3 is 0 Å². The van der Waals surface area contributed by atoms with Gasteiger partial charge in [-0.05, 0) is 43.5 Å². The lowest BCUT2D eigenvalue weighted by molar-refractivity contribution is 0.0735. The fourth-order valence-corrected chi connectivity index (χ4v) is 3.64. The molecule has 2 rings (SSSR count). The van der Waals surface area contributed by atoms with Crippen LogP contribution in [0.2, 0.25) is 0 Å². The zero-order valence-corrected chi connectivity index (χ0v) is 16.5. The molecule has 0 amide bonds. The summed E-state index contributed by atoms with van der Waals surface area (Å²) in [6.07, 6.45) is -2.68. The van der Waals surface area contributed by atoms with Crippen LogP contribution in [-0.2, 0) is 0 Å². The number of ether oxygens (including phenoxy) is 1. The third kappa shape index (κ3) is 4.92. The average molecular weight is 481 g/mol. The van der Waals surface area contributed by atoms with Crippen molar-refractivity contribution >= 4 is 44.3 Å². The van der Waals surface area contributed by atoms with Crippen LogP contribution in [0.1, 0.15) is 18.0 Å². The summed E-state index contributed by atoms with van der Waals surface area (Å²) in [5.74, 6) is 0.216. The van der Waals surface area contributed by atoms with Crippen molar-refractivity contribution in [2.24, 2.45) is 0 Å². The highest BCUT2D eigenvalue weighted by molar-refractivity contribution is 9.13. The lowest BCUT2D eigenvalue weighted by Crippen LogP contribution is -2.45. The summed E-state index contributed by atoms with van der Waals surface area (Å²) in [6, 6.07) is 1.18. The van der Waals surface area contributed by atoms with E-state index in [-0.39, 0.29) is 30.3 Å². The monoisotopic (exact) mass is 478 g/mol. The number of rotatable bonds is 5. The molecule has 0 spiro atoms. The van der Waals surface area contributed by atoms with E-state index in [2.05, 4.69) is 37.2 Å². The van der Waals surface area contributed by atoms with E-state index in [0.29, 0.717) is 27.6 Å². The smallest absolute Gasteiger partial charge is 0.240 e. The van der Waals surface area contributed by atoms with Crippen molar-refractivity contribution in [3.63, 3.8) is 0 Å². The highest BCUT2D eigenvalue weighted by atomic mass is 79.9. The van der Waals surface area contributed by atoms with Crippen molar-refractivity contribution in [3.8, 4) is 11.5 Å². The number of nitrogens with zero attached hydrogens (tertiary/aromatic N) is 1. The molecule has 0 saturated carbocycles. The van der Waals surface area contributed by atoms with Gasteiger partial charge in [0.15, 0.2) is 11.5 Å². The molecule has 9 heteroatoms. The Morgan fingerprint density at radius 1 is 1.30 bits per heavy atom. The van der Waals surface area contributed by atoms with Crippen LogP contribution in [0.4, 0.5) is 8.78 Å². The van der Waals surface area contributed by atoms with E-state index in [1.807, 2.05) is 4.90 Å². The second-order valence-corrected chi connectivity index (χ2v) is 6.66. The van der Waals surface area contributed by atoms with Crippen molar-refractivity contribution in [2.75, 3.05) is 33.3 Å². The quantitative estimate of drug-likeness (QED) is 0.670. The second-order valence-electron chi connectivity index (χ2n) is 5.07. The largest absolute Gasteiger partial charge is 0.503 e. The maximum atomic E-state index is 13.1. The molecule has 0 aliphatic carbocycles. The van der Waals surface area contributed by atoms with Crippen LogP contribution in [0, 0.1) is 0 Å². The van der Waals surface area contributed by atoms with E-state index in [4.69, 9.17) is 4.74 Å². The summed E-state index contributed by atoms with van der Waals surface area (Å²) in [6.45, 7) is 2.94. The van der Waals surface area contributed by atoms with Crippen molar-refractivity contribution in [2.45, 2.75) is 18.9 Å². The number of alkyl halides is 2. The normalized spacial score (nSPS) is 17.0. The van der Waals surface area contributed by atoms with E-state index in [0.717, 1.165) is 13.1 Å². The summed E-state index contributed by atoms with van der Waals surface area (Å²) in [5.41, 5.74) is 0.684. The number of benzene rings is 1. The van der Waals surface area contributed by atoms with Gasteiger partial charge in [0.05, 0.1) is 11.6 Å². The number of piperazine rings is 1. The molecular formula is C14H19Br2ClF2N2O2. The number of hydrogen-bond acceptors (Lipinski definition) is 4. The number of aromatic hydroxyl groups is 1. The fourth-order valence-electron chi connectivity index (χ4n) is 2.65. The number of hydrogen-bond donors (Lipinski definition) is 2. The van der Waals surface area contributed by atoms with Crippen LogP contribution in [0.25, 0.3) is 0 Å². The summed E-state index contributed by atoms with van der Waals surface area (Å²) in [7, 11) is 1.44. The Morgan fingerprint density at radius 3 is 2.43 bits per heavy atom. The molecule has 1 saturated heterocycles. The Labute approximate surface area is 157 Å². The van der Waals surface area contributed by atoms with Gasteiger partial charge in [0.1, 0.15) is 0 Å². The fraction of sp³-hybridized carbons (Fsp3) is 0.571. The molecule has 1 atom stereocenters. The van der Waals surface area contributed by atoms with Crippen LogP contribution >= 0.6 is 44.3 Å². The van der Waals surface area contributed by atoms with Gasteiger partial charge in [0.2, 0.25) is 6.43 Å². The maximum absolute atomic E-state index is 13.1. The number of phenols is 1. The second kappa shape index (κ2) is 9.36. The predicted molar refractivity (Wildman–Crippen MR) is 95.1 cm³/mol. The molecule has 132 valence electrons. The van der Waals surface area contributed by atoms with Crippen molar-refractivity contribution in [1.29, 1.82) is 0 Å². The Kier molecular flexibility index (Phi) is 8.51. The molecular weight excluding hydrogens is 461 g/mol. The van der Waals surface area contributed by atoms with Crippen molar-refractivity contribution in [1.82, 2.24) is 10.2 Å². The Bertz CT molecular complexity index is 532. The summed E-state index contributed by atoms with van der Waals surface area (Å²) < 4.78 is 32.3. The molecule has 1 aliphatic rings. The van der Waals surface area contributed by atoms with Crippen molar-refractivity contribution in [3.05, 3.63) is 20.6 Å². The van der Waals surface area contributed by atoms with Crippen LogP contribution in [0.5, 0.6) is 11.5 Å². The Hall–Kier alpha value is -0.150. The number of methoxy groups -OCH3 is 1. The molecule has 2 N–H and O–H groups in total. The van der Waals surface area contributed by atoms with Gasteiger partial charge in [0.25, 0.3) is 0 Å². The lowest BCUT2D eigenvalue weighted by atomic mass is 10.0. The van der Waals surface area contributed by atoms with E-state index in [1.54, 1.807) is 6.07 Å². The van der Waals surface area contributed by atoms with Crippen LogP contribution < -0.4 is 10.1 Å². The topological polar surface area (TPSA) is 44.7 Å². The van der Waals surface area contributed by atoms with Crippen LogP contribution in [0.15, 0.2) is 15.0 Å². The number of phenolic OH excluding ortho intramolecular Hbond substituents is 1. The summed E-state index contributed by atoms with van der Waals surface area (Å²) in [4.78, 5) is 2.03. The molecule has 23 heavy (non-hydrogen) atoms. The number of nitrogens with one attached hydrogen (secondary N) is 1. The molecule has 0 unspecified atom stereocenters. The van der Waals surface area contributed by atoms with Gasteiger partial charge in [-0.25, -0.2) is 8.78 Å². The minimum absolute atomic E-state index is 0. The molecule has 1 aliphatic heterocycles. The van der Waals surface area contributed by atoms with Gasteiger partial charge in [-0.3, -0.25) is 4.90 Å². The van der Waals surface area contributed by atoms with E-state index >= 15 is 0 Å². The molecule has 1 aromatic carbocycles. The molecule has 0 radical (unpaired) electrons. The zero-order valence-electron chi connectivity index (χ0n) is 12.5. The molecule has 0 bridgehead atoms. The van der Waals surface area contributed by atoms with Gasteiger partial charge in [0, 0.05) is 43.1 Å². The van der Waals surface area contributed by atoms with Gasteiger partial charge in [-0.1, -0.05) is 0 Å². The van der Waals surface area contributed by atoms with E-state index in [9.17, 15) is 13.9 Å². The highest BCUT2D eigenvalue weighted by Gasteiger charge is 2.29. The van der Waals surface area contributed by atoms with Crippen LogP contribution in [-0.4, -0.2) is 49.7 Å². The minimum atomic E-state index is -2.41. The van der Waals surface area contributed by atoms with E-state index < -0.39 is 12.5 Å². The number of halogens is 5.